The average Bonchev–Trinajstić information content (AvgIpc) is 2.86. The van der Waals surface area contributed by atoms with E-state index in [-0.39, 0.29) is 36.9 Å². The fourth-order valence-electron chi connectivity index (χ4n) is 2.57. The van der Waals surface area contributed by atoms with Crippen LogP contribution < -0.4 is 16.4 Å². The molecule has 3 amide bonds. The fraction of sp³-hybridized carbons (Fsp3) is 0.750. The molecule has 2 heterocycles. The third-order valence-electron chi connectivity index (χ3n) is 3.59. The second-order valence-electron chi connectivity index (χ2n) is 5.13. The summed E-state index contributed by atoms with van der Waals surface area (Å²) in [7, 11) is 0. The number of nitrogens with two attached hydrogens (primary N) is 1. The summed E-state index contributed by atoms with van der Waals surface area (Å²) in [6.07, 6.45) is 2.76. The highest BCUT2D eigenvalue weighted by molar-refractivity contribution is 5.86. The minimum Gasteiger partial charge on any atom is -0.368 e. The van der Waals surface area contributed by atoms with Gasteiger partial charge in [-0.25, -0.2) is 0 Å². The molecule has 0 aromatic heterocycles. The largest absolute Gasteiger partial charge is 0.368 e. The molecular weight excluding hydrogens is 248 g/mol. The second kappa shape index (κ2) is 6.01. The fourth-order valence-corrected chi connectivity index (χ4v) is 2.57. The van der Waals surface area contributed by atoms with Gasteiger partial charge in [-0.3, -0.25) is 14.4 Å². The van der Waals surface area contributed by atoms with Crippen molar-refractivity contribution in [2.75, 3.05) is 19.6 Å². The number of piperidine rings is 1. The van der Waals surface area contributed by atoms with Crippen LogP contribution in [-0.2, 0) is 14.4 Å². The lowest BCUT2D eigenvalue weighted by Gasteiger charge is -2.31. The molecule has 0 bridgehead atoms. The van der Waals surface area contributed by atoms with E-state index in [4.69, 9.17) is 5.73 Å². The number of likely N-dealkylation sites (tertiary alicyclic amines) is 1. The molecule has 7 nitrogen and oxygen atoms in total. The van der Waals surface area contributed by atoms with E-state index in [0.717, 1.165) is 19.4 Å². The average molecular weight is 268 g/mol. The third kappa shape index (κ3) is 3.66. The molecule has 0 saturated carbocycles. The number of carbonyl (C=O) groups excluding carboxylic acids is 3. The molecule has 0 aromatic rings. The van der Waals surface area contributed by atoms with Crippen LogP contribution >= 0.6 is 0 Å². The Morgan fingerprint density at radius 3 is 2.79 bits per heavy atom. The minimum atomic E-state index is -0.508. The number of nitrogens with zero attached hydrogens (tertiary/aromatic N) is 1. The predicted molar refractivity (Wildman–Crippen MR) is 68.0 cm³/mol. The lowest BCUT2D eigenvalue weighted by atomic mass is 10.0. The Hall–Kier alpha value is -1.63. The Labute approximate surface area is 111 Å². The van der Waals surface area contributed by atoms with Crippen molar-refractivity contribution in [2.45, 2.75) is 37.8 Å². The highest BCUT2D eigenvalue weighted by Gasteiger charge is 2.30. The quantitative estimate of drug-likeness (QED) is 0.567. The van der Waals surface area contributed by atoms with Crippen molar-refractivity contribution >= 4 is 17.7 Å². The van der Waals surface area contributed by atoms with Crippen LogP contribution in [0.5, 0.6) is 0 Å². The summed E-state index contributed by atoms with van der Waals surface area (Å²) in [4.78, 5) is 35.9. The van der Waals surface area contributed by atoms with E-state index in [1.807, 2.05) is 0 Å². The lowest BCUT2D eigenvalue weighted by Crippen LogP contribution is -2.52. The van der Waals surface area contributed by atoms with Gasteiger partial charge in [-0.1, -0.05) is 0 Å². The van der Waals surface area contributed by atoms with Gasteiger partial charge >= 0.3 is 0 Å². The van der Waals surface area contributed by atoms with Gasteiger partial charge in [0.05, 0.1) is 12.6 Å². The van der Waals surface area contributed by atoms with Crippen LogP contribution in [0, 0.1) is 0 Å². The van der Waals surface area contributed by atoms with Crippen LogP contribution in [0.15, 0.2) is 0 Å². The number of nitrogens with one attached hydrogen (secondary N) is 2. The van der Waals surface area contributed by atoms with Crippen molar-refractivity contribution in [2.24, 2.45) is 5.73 Å². The molecule has 7 heteroatoms. The first-order valence-electron chi connectivity index (χ1n) is 6.66. The molecular formula is C12H20N4O3. The number of rotatable bonds is 4. The summed E-state index contributed by atoms with van der Waals surface area (Å²) in [6.45, 7) is 1.29. The molecule has 19 heavy (non-hydrogen) atoms. The van der Waals surface area contributed by atoms with E-state index in [1.54, 1.807) is 0 Å². The Kier molecular flexibility index (Phi) is 4.36. The van der Waals surface area contributed by atoms with E-state index in [2.05, 4.69) is 10.6 Å². The summed E-state index contributed by atoms with van der Waals surface area (Å²) >= 11 is 0. The smallest absolute Gasteiger partial charge is 0.237 e. The lowest BCUT2D eigenvalue weighted by molar-refractivity contribution is -0.138. The van der Waals surface area contributed by atoms with Crippen LogP contribution in [0.25, 0.3) is 0 Å². The molecule has 0 radical (unpaired) electrons. The zero-order chi connectivity index (χ0) is 13.8. The Morgan fingerprint density at radius 1 is 1.42 bits per heavy atom. The van der Waals surface area contributed by atoms with E-state index in [1.165, 1.54) is 4.90 Å². The second-order valence-corrected chi connectivity index (χ2v) is 5.13. The molecule has 2 atom stereocenters. The summed E-state index contributed by atoms with van der Waals surface area (Å²) in [5.41, 5.74) is 5.07. The Bertz CT molecular complexity index is 379. The van der Waals surface area contributed by atoms with Gasteiger partial charge < -0.3 is 21.3 Å². The molecule has 0 unspecified atom stereocenters. The van der Waals surface area contributed by atoms with Crippen molar-refractivity contribution in [3.8, 4) is 0 Å². The highest BCUT2D eigenvalue weighted by atomic mass is 16.2. The van der Waals surface area contributed by atoms with Gasteiger partial charge in [0.25, 0.3) is 0 Å². The van der Waals surface area contributed by atoms with Crippen molar-refractivity contribution in [3.05, 3.63) is 0 Å². The molecule has 2 saturated heterocycles. The minimum absolute atomic E-state index is 0.0290. The summed E-state index contributed by atoms with van der Waals surface area (Å²) < 4.78 is 0. The van der Waals surface area contributed by atoms with Gasteiger partial charge in [-0.2, -0.15) is 0 Å². The zero-order valence-electron chi connectivity index (χ0n) is 10.9. The van der Waals surface area contributed by atoms with Gasteiger partial charge in [0, 0.05) is 19.0 Å². The first kappa shape index (κ1) is 13.8. The number of carbonyl (C=O) groups is 3. The van der Waals surface area contributed by atoms with E-state index < -0.39 is 5.91 Å². The molecule has 2 aliphatic heterocycles. The van der Waals surface area contributed by atoms with Gasteiger partial charge in [0.15, 0.2) is 0 Å². The molecule has 2 aliphatic rings. The van der Waals surface area contributed by atoms with Gasteiger partial charge in [0.2, 0.25) is 17.7 Å². The maximum atomic E-state index is 11.9. The summed E-state index contributed by atoms with van der Waals surface area (Å²) in [5.74, 6) is -0.667. The van der Waals surface area contributed by atoms with Crippen molar-refractivity contribution in [1.82, 2.24) is 15.5 Å². The maximum absolute atomic E-state index is 11.9. The first-order chi connectivity index (χ1) is 9.06. The Morgan fingerprint density at radius 2 is 2.21 bits per heavy atom. The standard InChI is InChI=1S/C12H20N4O3/c13-10(17)7-16-5-3-8(6-11(16)18)15-12(19)9-2-1-4-14-9/h8-9,14H,1-7H2,(H2,13,17)(H,15,19)/t8-,9+/m1/s1. The number of amides is 3. The molecule has 0 aliphatic carbocycles. The highest BCUT2D eigenvalue weighted by Crippen LogP contribution is 2.13. The third-order valence-corrected chi connectivity index (χ3v) is 3.59. The zero-order valence-corrected chi connectivity index (χ0v) is 10.9. The van der Waals surface area contributed by atoms with Crippen LogP contribution in [-0.4, -0.2) is 54.3 Å². The SMILES string of the molecule is NC(=O)CN1CC[C@@H](NC(=O)[C@@H]2CCCN2)CC1=O. The van der Waals surface area contributed by atoms with Gasteiger partial charge in [0.1, 0.15) is 0 Å². The van der Waals surface area contributed by atoms with Gasteiger partial charge in [-0.15, -0.1) is 0 Å². The van der Waals surface area contributed by atoms with E-state index in [0.29, 0.717) is 13.0 Å². The monoisotopic (exact) mass is 268 g/mol. The van der Waals surface area contributed by atoms with Crippen LogP contribution in [0.1, 0.15) is 25.7 Å². The summed E-state index contributed by atoms with van der Waals surface area (Å²) in [6, 6.07) is -0.259. The predicted octanol–water partition coefficient (Wildman–Crippen LogP) is -1.67. The topological polar surface area (TPSA) is 105 Å². The molecule has 4 N–H and O–H groups in total. The van der Waals surface area contributed by atoms with Crippen molar-refractivity contribution < 1.29 is 14.4 Å². The number of hydrogen-bond donors (Lipinski definition) is 3. The van der Waals surface area contributed by atoms with Gasteiger partial charge in [-0.05, 0) is 25.8 Å². The van der Waals surface area contributed by atoms with Crippen LogP contribution in [0.3, 0.4) is 0 Å². The van der Waals surface area contributed by atoms with Crippen molar-refractivity contribution in [1.29, 1.82) is 0 Å². The maximum Gasteiger partial charge on any atom is 0.237 e. The number of hydrogen-bond acceptors (Lipinski definition) is 4. The van der Waals surface area contributed by atoms with Crippen LogP contribution in [0.4, 0.5) is 0 Å². The molecule has 106 valence electrons. The first-order valence-corrected chi connectivity index (χ1v) is 6.66. The number of primary amides is 1. The van der Waals surface area contributed by atoms with Crippen LogP contribution in [0.2, 0.25) is 0 Å². The molecule has 0 spiro atoms. The van der Waals surface area contributed by atoms with E-state index in [9.17, 15) is 14.4 Å². The molecule has 2 rings (SSSR count). The summed E-state index contributed by atoms with van der Waals surface area (Å²) in [5, 5.41) is 6.02. The molecule has 2 fully saturated rings. The van der Waals surface area contributed by atoms with Crippen molar-refractivity contribution in [3.63, 3.8) is 0 Å². The normalized spacial score (nSPS) is 27.4. The van der Waals surface area contributed by atoms with E-state index >= 15 is 0 Å². The molecule has 0 aromatic carbocycles. The Balaban J connectivity index is 1.79.